The normalized spacial score (nSPS) is 14.7. The predicted octanol–water partition coefficient (Wildman–Crippen LogP) is 7.94. The summed E-state index contributed by atoms with van der Waals surface area (Å²) in [4.78, 5) is 8.81. The van der Waals surface area contributed by atoms with Crippen molar-refractivity contribution in [2.24, 2.45) is 17.1 Å². The molecule has 2 heteroatoms. The van der Waals surface area contributed by atoms with Gasteiger partial charge in [-0.3, -0.25) is 0 Å². The van der Waals surface area contributed by atoms with Crippen molar-refractivity contribution >= 4 is 18.4 Å². The standard InChI is InChI=1S/C20H26.C6H14.C2H4O.CH5N/c1-4-7-17(16-10-11-16)13-20-14(3)19-9-6-8-18(19)12-15(20)5-2;1-5-6(2,3)4;1-2-3;1-2/h5,12-13,16H,2,4,6-11H2,1,3H3;5H2,1-4H3;2H,1H3;2H2,1H3/b17-13+;;;. The summed E-state index contributed by atoms with van der Waals surface area (Å²) in [5.41, 5.74) is 14.2. The van der Waals surface area contributed by atoms with Crippen molar-refractivity contribution < 1.29 is 4.79 Å². The number of benzene rings is 1. The Hall–Kier alpha value is -1.67. The number of rotatable bonds is 5. The second kappa shape index (κ2) is 15.2. The second-order valence-electron chi connectivity index (χ2n) is 9.59. The molecular weight excluding hydrogens is 378 g/mol. The maximum absolute atomic E-state index is 8.81. The molecule has 31 heavy (non-hydrogen) atoms. The number of hydrogen-bond acceptors (Lipinski definition) is 2. The van der Waals surface area contributed by atoms with Crippen LogP contribution in [-0.4, -0.2) is 13.3 Å². The van der Waals surface area contributed by atoms with Gasteiger partial charge in [-0.05, 0) is 98.6 Å². The Morgan fingerprint density at radius 3 is 2.16 bits per heavy atom. The topological polar surface area (TPSA) is 43.1 Å². The molecule has 3 rings (SSSR count). The minimum absolute atomic E-state index is 0.542. The van der Waals surface area contributed by atoms with E-state index >= 15 is 0 Å². The fraction of sp³-hybridized carbons (Fsp3) is 0.621. The summed E-state index contributed by atoms with van der Waals surface area (Å²) in [5.74, 6) is 0.875. The summed E-state index contributed by atoms with van der Waals surface area (Å²) >= 11 is 0. The Morgan fingerprint density at radius 2 is 1.74 bits per heavy atom. The van der Waals surface area contributed by atoms with Crippen molar-refractivity contribution in [1.82, 2.24) is 0 Å². The monoisotopic (exact) mass is 427 g/mol. The van der Waals surface area contributed by atoms with Crippen LogP contribution in [0.15, 0.2) is 18.2 Å². The molecule has 0 bridgehead atoms. The molecule has 0 heterocycles. The minimum atomic E-state index is 0.542. The summed E-state index contributed by atoms with van der Waals surface area (Å²) in [7, 11) is 1.50. The van der Waals surface area contributed by atoms with Crippen molar-refractivity contribution in [2.75, 3.05) is 7.05 Å². The second-order valence-corrected chi connectivity index (χ2v) is 9.59. The zero-order valence-corrected chi connectivity index (χ0v) is 21.7. The first-order chi connectivity index (χ1) is 14.7. The van der Waals surface area contributed by atoms with Gasteiger partial charge in [0.05, 0.1) is 0 Å². The van der Waals surface area contributed by atoms with Crippen LogP contribution in [0.2, 0.25) is 0 Å². The third kappa shape index (κ3) is 10.5. The first kappa shape index (κ1) is 29.3. The Labute approximate surface area is 193 Å². The van der Waals surface area contributed by atoms with E-state index in [0.717, 1.165) is 12.2 Å². The van der Waals surface area contributed by atoms with Gasteiger partial charge in [0.25, 0.3) is 0 Å². The number of hydrogen-bond donors (Lipinski definition) is 1. The molecule has 2 aliphatic rings. The number of carbonyl (C=O) groups is 1. The molecule has 0 aliphatic heterocycles. The molecule has 2 aliphatic carbocycles. The van der Waals surface area contributed by atoms with Gasteiger partial charge in [0.2, 0.25) is 0 Å². The number of carbonyl (C=O) groups excluding carboxylic acids is 1. The van der Waals surface area contributed by atoms with Gasteiger partial charge >= 0.3 is 0 Å². The van der Waals surface area contributed by atoms with Crippen LogP contribution in [-0.2, 0) is 17.6 Å². The van der Waals surface area contributed by atoms with Crippen LogP contribution in [0.3, 0.4) is 0 Å². The molecule has 0 spiro atoms. The number of fused-ring (bicyclic) bond motifs is 1. The Morgan fingerprint density at radius 1 is 1.19 bits per heavy atom. The van der Waals surface area contributed by atoms with Gasteiger partial charge in [0, 0.05) is 0 Å². The smallest absolute Gasteiger partial charge is 0.116 e. The Balaban J connectivity index is 0.000000692. The zero-order chi connectivity index (χ0) is 24.0. The molecule has 2 nitrogen and oxygen atoms in total. The van der Waals surface area contributed by atoms with E-state index in [9.17, 15) is 0 Å². The van der Waals surface area contributed by atoms with E-state index in [0.29, 0.717) is 5.41 Å². The lowest BCUT2D eigenvalue weighted by Crippen LogP contribution is -2.00. The first-order valence-corrected chi connectivity index (χ1v) is 12.2. The molecule has 0 unspecified atom stereocenters. The van der Waals surface area contributed by atoms with E-state index in [2.05, 4.69) is 66.0 Å². The van der Waals surface area contributed by atoms with Gasteiger partial charge in [-0.25, -0.2) is 0 Å². The molecule has 0 aromatic heterocycles. The van der Waals surface area contributed by atoms with Crippen LogP contribution in [0.4, 0.5) is 0 Å². The lowest BCUT2D eigenvalue weighted by Gasteiger charge is -2.14. The average molecular weight is 428 g/mol. The van der Waals surface area contributed by atoms with Gasteiger partial charge in [0.1, 0.15) is 6.29 Å². The third-order valence-electron chi connectivity index (χ3n) is 6.01. The fourth-order valence-electron chi connectivity index (χ4n) is 3.68. The van der Waals surface area contributed by atoms with Gasteiger partial charge in [-0.1, -0.05) is 77.8 Å². The fourth-order valence-corrected chi connectivity index (χ4v) is 3.68. The van der Waals surface area contributed by atoms with Crippen LogP contribution >= 0.6 is 0 Å². The third-order valence-corrected chi connectivity index (χ3v) is 6.01. The van der Waals surface area contributed by atoms with Crippen LogP contribution in [0.25, 0.3) is 12.2 Å². The first-order valence-electron chi connectivity index (χ1n) is 12.2. The van der Waals surface area contributed by atoms with E-state index in [1.807, 2.05) is 6.08 Å². The van der Waals surface area contributed by atoms with Crippen LogP contribution in [0, 0.1) is 18.3 Å². The summed E-state index contributed by atoms with van der Waals surface area (Å²) in [6.07, 6.45) is 15.8. The van der Waals surface area contributed by atoms with E-state index < -0.39 is 0 Å². The largest absolute Gasteiger partial charge is 0.333 e. The van der Waals surface area contributed by atoms with Crippen molar-refractivity contribution in [2.45, 2.75) is 99.8 Å². The highest BCUT2D eigenvalue weighted by Crippen LogP contribution is 2.41. The molecule has 1 aromatic rings. The lowest BCUT2D eigenvalue weighted by molar-refractivity contribution is -0.106. The number of nitrogens with two attached hydrogens (primary N) is 1. The molecule has 0 radical (unpaired) electrons. The number of aldehydes is 1. The van der Waals surface area contributed by atoms with E-state index in [1.165, 1.54) is 82.0 Å². The molecule has 0 saturated heterocycles. The maximum Gasteiger partial charge on any atom is 0.116 e. The average Bonchev–Trinajstić information content (AvgIpc) is 3.48. The predicted molar refractivity (Wildman–Crippen MR) is 140 cm³/mol. The van der Waals surface area contributed by atoms with Crippen LogP contribution < -0.4 is 5.73 Å². The van der Waals surface area contributed by atoms with Crippen LogP contribution in [0.1, 0.15) is 108 Å². The van der Waals surface area contributed by atoms with Crippen molar-refractivity contribution in [3.8, 4) is 0 Å². The summed E-state index contributed by atoms with van der Waals surface area (Å²) in [6.45, 7) is 19.0. The highest BCUT2D eigenvalue weighted by Gasteiger charge is 2.26. The van der Waals surface area contributed by atoms with E-state index in [1.54, 1.807) is 16.7 Å². The summed E-state index contributed by atoms with van der Waals surface area (Å²) in [5, 5.41) is 0. The number of allylic oxidation sites excluding steroid dienone is 1. The summed E-state index contributed by atoms with van der Waals surface area (Å²) < 4.78 is 0. The van der Waals surface area contributed by atoms with E-state index in [4.69, 9.17) is 4.79 Å². The highest BCUT2D eigenvalue weighted by atomic mass is 16.1. The van der Waals surface area contributed by atoms with Gasteiger partial charge in [-0.15, -0.1) is 0 Å². The molecule has 0 atom stereocenters. The molecule has 176 valence electrons. The molecule has 1 fully saturated rings. The molecule has 0 amide bonds. The SMILES string of the molecule is C=Cc1cc2c(c(C)c1/C=C(\CCC)C1CC1)CCC2.CC=O.CCC(C)(C)C.CN. The van der Waals surface area contributed by atoms with Gasteiger partial charge < -0.3 is 10.5 Å². The summed E-state index contributed by atoms with van der Waals surface area (Å²) in [6, 6.07) is 2.39. The highest BCUT2D eigenvalue weighted by molar-refractivity contribution is 5.71. The molecule has 2 N–H and O–H groups in total. The van der Waals surface area contributed by atoms with E-state index in [-0.39, 0.29) is 0 Å². The van der Waals surface area contributed by atoms with Crippen LogP contribution in [0.5, 0.6) is 0 Å². The van der Waals surface area contributed by atoms with Crippen molar-refractivity contribution in [3.05, 3.63) is 46.0 Å². The number of aryl methyl sites for hydroxylation is 1. The van der Waals surface area contributed by atoms with Gasteiger partial charge in [0.15, 0.2) is 0 Å². The Bertz CT molecular complexity index is 702. The van der Waals surface area contributed by atoms with Gasteiger partial charge in [-0.2, -0.15) is 0 Å². The quantitative estimate of drug-likeness (QED) is 0.484. The zero-order valence-electron chi connectivity index (χ0n) is 21.7. The molecular formula is C29H49NO. The Kier molecular flexibility index (Phi) is 14.4. The molecule has 1 aromatic carbocycles. The molecule has 1 saturated carbocycles. The lowest BCUT2D eigenvalue weighted by atomic mass is 9.91. The van der Waals surface area contributed by atoms with Crippen molar-refractivity contribution in [3.63, 3.8) is 0 Å². The van der Waals surface area contributed by atoms with Crippen molar-refractivity contribution in [1.29, 1.82) is 0 Å². The minimum Gasteiger partial charge on any atom is -0.333 e. The maximum atomic E-state index is 8.81.